The van der Waals surface area contributed by atoms with Crippen LogP contribution < -0.4 is 14.8 Å². The number of methoxy groups -OCH3 is 1. The molecule has 2 N–H and O–H groups in total. The van der Waals surface area contributed by atoms with Crippen LogP contribution in [0.1, 0.15) is 15.9 Å². The van der Waals surface area contributed by atoms with E-state index in [0.717, 1.165) is 6.20 Å². The molecule has 0 saturated carbocycles. The van der Waals surface area contributed by atoms with Gasteiger partial charge in [-0.15, -0.1) is 0 Å². The lowest BCUT2D eigenvalue weighted by Gasteiger charge is -2.15. The molecule has 0 atom stereocenters. The topological polar surface area (TPSA) is 97.4 Å². The zero-order chi connectivity index (χ0) is 24.2. The van der Waals surface area contributed by atoms with Crippen molar-refractivity contribution < 1.29 is 31.1 Å². The Labute approximate surface area is 192 Å². The second kappa shape index (κ2) is 9.71. The van der Waals surface area contributed by atoms with Gasteiger partial charge in [-0.05, 0) is 48.9 Å². The number of pyridine rings is 1. The van der Waals surface area contributed by atoms with Gasteiger partial charge in [0.2, 0.25) is 0 Å². The van der Waals surface area contributed by atoms with Crippen LogP contribution in [0.4, 0.5) is 24.5 Å². The number of amides is 1. The van der Waals surface area contributed by atoms with Gasteiger partial charge in [-0.25, -0.2) is 13.4 Å². The van der Waals surface area contributed by atoms with E-state index in [1.807, 2.05) is 0 Å². The van der Waals surface area contributed by atoms with E-state index in [2.05, 4.69) is 15.0 Å². The SMILES string of the molecule is COc1ccccc1NS(=O)(=O)c1cc(NC(=O)c2cccnc2SC(F)(F)F)ccc1C. The van der Waals surface area contributed by atoms with E-state index in [4.69, 9.17) is 4.74 Å². The molecule has 174 valence electrons. The van der Waals surface area contributed by atoms with Gasteiger partial charge in [0.25, 0.3) is 15.9 Å². The van der Waals surface area contributed by atoms with Crippen LogP contribution in [0.15, 0.2) is 70.7 Å². The number of carbonyl (C=O) groups is 1. The van der Waals surface area contributed by atoms with Crippen molar-refractivity contribution in [2.45, 2.75) is 22.4 Å². The smallest absolute Gasteiger partial charge is 0.447 e. The van der Waals surface area contributed by atoms with Crippen LogP contribution in [0.25, 0.3) is 0 Å². The van der Waals surface area contributed by atoms with Gasteiger partial charge in [-0.2, -0.15) is 13.2 Å². The number of nitrogens with zero attached hydrogens (tertiary/aromatic N) is 1. The first-order valence-corrected chi connectivity index (χ1v) is 11.6. The molecule has 0 bridgehead atoms. The standard InChI is InChI=1S/C21H18F3N3O4S2/c1-13-9-10-14(26-19(28)15-6-5-11-25-20(15)32-21(22,23)24)12-18(13)33(29,30)27-16-7-3-4-8-17(16)31-2/h3-12,27H,1-2H3,(H,26,28). The number of benzene rings is 2. The molecular formula is C21H18F3N3O4S2. The highest BCUT2D eigenvalue weighted by atomic mass is 32.2. The summed E-state index contributed by atoms with van der Waals surface area (Å²) in [6.45, 7) is 1.57. The highest BCUT2D eigenvalue weighted by Crippen LogP contribution is 2.37. The van der Waals surface area contributed by atoms with Crippen molar-refractivity contribution in [3.05, 3.63) is 71.9 Å². The zero-order valence-corrected chi connectivity index (χ0v) is 18.9. The fourth-order valence-electron chi connectivity index (χ4n) is 2.85. The molecule has 12 heteroatoms. The molecule has 3 rings (SSSR count). The van der Waals surface area contributed by atoms with Gasteiger partial charge in [0.1, 0.15) is 10.8 Å². The van der Waals surface area contributed by atoms with Crippen molar-refractivity contribution in [3.8, 4) is 5.75 Å². The van der Waals surface area contributed by atoms with Gasteiger partial charge in [0, 0.05) is 23.6 Å². The number of ether oxygens (including phenoxy) is 1. The van der Waals surface area contributed by atoms with Gasteiger partial charge >= 0.3 is 5.51 Å². The third-order valence-electron chi connectivity index (χ3n) is 4.32. The summed E-state index contributed by atoms with van der Waals surface area (Å²) >= 11 is -0.509. The minimum Gasteiger partial charge on any atom is -0.495 e. The van der Waals surface area contributed by atoms with E-state index < -0.39 is 38.2 Å². The Hall–Kier alpha value is -3.25. The molecule has 0 saturated heterocycles. The number of aromatic nitrogens is 1. The minimum atomic E-state index is -4.63. The number of halogens is 3. The third-order valence-corrected chi connectivity index (χ3v) is 6.57. The van der Waals surface area contributed by atoms with Crippen molar-refractivity contribution in [1.82, 2.24) is 4.98 Å². The number of carbonyl (C=O) groups excluding carboxylic acids is 1. The number of rotatable bonds is 7. The lowest BCUT2D eigenvalue weighted by molar-refractivity contribution is -0.0329. The van der Waals surface area contributed by atoms with Crippen LogP contribution in [-0.4, -0.2) is 31.9 Å². The highest BCUT2D eigenvalue weighted by Gasteiger charge is 2.32. The fraction of sp³-hybridized carbons (Fsp3) is 0.143. The summed E-state index contributed by atoms with van der Waals surface area (Å²) in [7, 11) is -2.68. The predicted molar refractivity (Wildman–Crippen MR) is 119 cm³/mol. The largest absolute Gasteiger partial charge is 0.495 e. The Kier molecular flexibility index (Phi) is 7.18. The molecule has 1 aromatic heterocycles. The fourth-order valence-corrected chi connectivity index (χ4v) is 4.79. The molecule has 0 aliphatic carbocycles. The first-order chi connectivity index (χ1) is 15.5. The zero-order valence-electron chi connectivity index (χ0n) is 17.3. The van der Waals surface area contributed by atoms with Gasteiger partial charge < -0.3 is 10.1 Å². The number of thioether (sulfide) groups is 1. The summed E-state index contributed by atoms with van der Waals surface area (Å²) < 4.78 is 71.9. The molecule has 33 heavy (non-hydrogen) atoms. The van der Waals surface area contributed by atoms with E-state index >= 15 is 0 Å². The lowest BCUT2D eigenvalue weighted by Crippen LogP contribution is -2.17. The Balaban J connectivity index is 1.89. The first kappa shape index (κ1) is 24.4. The molecule has 0 aliphatic rings. The maximum atomic E-state index is 13.0. The summed E-state index contributed by atoms with van der Waals surface area (Å²) in [5.74, 6) is -0.547. The maximum absolute atomic E-state index is 13.0. The second-order valence-electron chi connectivity index (χ2n) is 6.64. The van der Waals surface area contributed by atoms with Crippen LogP contribution in [0, 0.1) is 6.92 Å². The molecule has 0 fully saturated rings. The van der Waals surface area contributed by atoms with Crippen LogP contribution in [0.5, 0.6) is 5.75 Å². The molecule has 1 heterocycles. The van der Waals surface area contributed by atoms with Crippen LogP contribution >= 0.6 is 11.8 Å². The number of para-hydroxylation sites is 2. The van der Waals surface area contributed by atoms with E-state index in [9.17, 15) is 26.4 Å². The van der Waals surface area contributed by atoms with Crippen LogP contribution in [-0.2, 0) is 10.0 Å². The molecule has 3 aromatic rings. The van der Waals surface area contributed by atoms with E-state index in [-0.39, 0.29) is 21.8 Å². The molecular weight excluding hydrogens is 479 g/mol. The summed E-state index contributed by atoms with van der Waals surface area (Å²) in [5, 5.41) is 1.92. The average molecular weight is 498 g/mol. The quantitative estimate of drug-likeness (QED) is 0.443. The second-order valence-corrected chi connectivity index (χ2v) is 9.35. The van der Waals surface area contributed by atoms with Crippen LogP contribution in [0.2, 0.25) is 0 Å². The summed E-state index contributed by atoms with van der Waals surface area (Å²) in [6.07, 6.45) is 1.14. The third kappa shape index (κ3) is 6.17. The Morgan fingerprint density at radius 3 is 2.52 bits per heavy atom. The molecule has 2 aromatic carbocycles. The van der Waals surface area contributed by atoms with E-state index in [1.165, 1.54) is 43.5 Å². The van der Waals surface area contributed by atoms with E-state index in [1.54, 1.807) is 25.1 Å². The van der Waals surface area contributed by atoms with Crippen molar-refractivity contribution in [1.29, 1.82) is 0 Å². The molecule has 0 radical (unpaired) electrons. The van der Waals surface area contributed by atoms with Gasteiger partial charge in [0.15, 0.2) is 0 Å². The van der Waals surface area contributed by atoms with E-state index in [0.29, 0.717) is 11.3 Å². The van der Waals surface area contributed by atoms with Crippen molar-refractivity contribution in [3.63, 3.8) is 0 Å². The van der Waals surface area contributed by atoms with Crippen molar-refractivity contribution in [2.75, 3.05) is 17.1 Å². The number of alkyl halides is 3. The number of aryl methyl sites for hydroxylation is 1. The monoisotopic (exact) mass is 497 g/mol. The summed E-state index contributed by atoms with van der Waals surface area (Å²) in [4.78, 5) is 16.1. The van der Waals surface area contributed by atoms with Gasteiger partial charge in [0.05, 0.1) is 23.3 Å². The Morgan fingerprint density at radius 2 is 1.82 bits per heavy atom. The van der Waals surface area contributed by atoms with Crippen molar-refractivity contribution in [2.24, 2.45) is 0 Å². The maximum Gasteiger partial charge on any atom is 0.447 e. The minimum absolute atomic E-state index is 0.0813. The number of sulfonamides is 1. The average Bonchev–Trinajstić information content (AvgIpc) is 2.74. The number of anilines is 2. The molecule has 0 aliphatic heterocycles. The normalized spacial score (nSPS) is 11.7. The molecule has 7 nitrogen and oxygen atoms in total. The Morgan fingerprint density at radius 1 is 1.09 bits per heavy atom. The summed E-state index contributed by atoms with van der Waals surface area (Å²) in [5.41, 5.74) is -4.23. The Bertz CT molecular complexity index is 1280. The first-order valence-electron chi connectivity index (χ1n) is 9.29. The number of nitrogens with one attached hydrogen (secondary N) is 2. The lowest BCUT2D eigenvalue weighted by atomic mass is 10.2. The van der Waals surface area contributed by atoms with Crippen LogP contribution in [0.3, 0.4) is 0 Å². The number of hydrogen-bond donors (Lipinski definition) is 2. The molecule has 0 spiro atoms. The summed E-state index contributed by atoms with van der Waals surface area (Å²) in [6, 6.07) is 13.1. The molecule has 1 amide bonds. The predicted octanol–water partition coefficient (Wildman–Crippen LogP) is 5.06. The number of hydrogen-bond acceptors (Lipinski definition) is 6. The van der Waals surface area contributed by atoms with Gasteiger partial charge in [-0.3, -0.25) is 9.52 Å². The molecule has 0 unspecified atom stereocenters. The van der Waals surface area contributed by atoms with Crippen molar-refractivity contribution >= 4 is 39.1 Å². The highest BCUT2D eigenvalue weighted by molar-refractivity contribution is 8.00. The van der Waals surface area contributed by atoms with Gasteiger partial charge in [-0.1, -0.05) is 18.2 Å².